The molecular weight excluding hydrogens is 499 g/mol. The van der Waals surface area contributed by atoms with Crippen LogP contribution in [0, 0.1) is 26.7 Å². The molecule has 1 aliphatic carbocycles. The zero-order valence-electron chi connectivity index (χ0n) is 22.6. The van der Waals surface area contributed by atoms with Crippen LogP contribution in [0.15, 0.2) is 12.5 Å². The molecule has 4 aromatic heterocycles. The number of hydrogen-bond acceptors (Lipinski definition) is 5. The number of aromatic nitrogens is 4. The number of piperidine rings is 1. The Bertz CT molecular complexity index is 1580. The van der Waals surface area contributed by atoms with E-state index in [-0.39, 0.29) is 18.0 Å². The second-order valence-corrected chi connectivity index (χ2v) is 13.0. The molecule has 9 heteroatoms. The van der Waals surface area contributed by atoms with Gasteiger partial charge in [0, 0.05) is 53.5 Å². The van der Waals surface area contributed by atoms with E-state index in [9.17, 15) is 9.18 Å². The zero-order valence-corrected chi connectivity index (χ0v) is 23.5. The molecule has 6 heterocycles. The quantitative estimate of drug-likeness (QED) is 0.368. The number of nitrogens with one attached hydrogen (secondary N) is 2. The first-order chi connectivity index (χ1) is 18.2. The fourth-order valence-corrected chi connectivity index (χ4v) is 8.91. The molecule has 3 aliphatic rings. The molecule has 0 spiro atoms. The third-order valence-corrected chi connectivity index (χ3v) is 10.8. The number of amides is 1. The van der Waals surface area contributed by atoms with Crippen LogP contribution in [0.5, 0.6) is 0 Å². The van der Waals surface area contributed by atoms with E-state index in [2.05, 4.69) is 66.1 Å². The summed E-state index contributed by atoms with van der Waals surface area (Å²) in [6.45, 7) is 12.2. The van der Waals surface area contributed by atoms with Gasteiger partial charge in [0.05, 0.1) is 11.7 Å². The van der Waals surface area contributed by atoms with Crippen molar-refractivity contribution in [2.45, 2.75) is 84.0 Å². The van der Waals surface area contributed by atoms with Gasteiger partial charge in [-0.3, -0.25) is 4.79 Å². The fourth-order valence-electron chi connectivity index (χ4n) is 7.47. The van der Waals surface area contributed by atoms with Crippen molar-refractivity contribution in [3.8, 4) is 11.3 Å². The molecule has 2 saturated heterocycles. The first-order valence-corrected chi connectivity index (χ1v) is 14.7. The van der Waals surface area contributed by atoms with Crippen molar-refractivity contribution in [2.75, 3.05) is 13.1 Å². The number of halogens is 1. The number of thiophene rings is 1. The van der Waals surface area contributed by atoms with Gasteiger partial charge in [0.25, 0.3) is 0 Å². The summed E-state index contributed by atoms with van der Waals surface area (Å²) in [5.74, 6) is 1.43. The van der Waals surface area contributed by atoms with Gasteiger partial charge < -0.3 is 15.2 Å². The summed E-state index contributed by atoms with van der Waals surface area (Å²) in [5, 5.41) is 8.87. The molecule has 200 valence electrons. The van der Waals surface area contributed by atoms with Crippen molar-refractivity contribution in [3.63, 3.8) is 0 Å². The number of pyridine rings is 1. The van der Waals surface area contributed by atoms with Gasteiger partial charge in [-0.05, 0) is 67.7 Å². The summed E-state index contributed by atoms with van der Waals surface area (Å²) >= 11 is 1.90. The van der Waals surface area contributed by atoms with E-state index in [1.807, 2.05) is 15.9 Å². The maximum absolute atomic E-state index is 13.7. The lowest BCUT2D eigenvalue weighted by molar-refractivity contribution is -0.134. The van der Waals surface area contributed by atoms with Crippen molar-refractivity contribution < 1.29 is 9.18 Å². The standard InChI is InChI=1S/C29H35FN6OS/c1-13(2)23-24-16(5)26(20-8-19-6-17(20)10-35(19)29(37)22-7-18(30)9-31-22)38-28(24)34-25(23)21-11-36-27(32-12-33-36)15(4)14(21)3/h11-13,17-20,22,31,34H,6-10H2,1-5H3/t17?,18-,19?,20+,22-/m0/s1. The van der Waals surface area contributed by atoms with Crippen LogP contribution in [0.1, 0.15) is 72.1 Å². The number of aryl methyl sites for hydroxylation is 2. The fraction of sp³-hybridized carbons (Fsp3) is 0.552. The average Bonchev–Trinajstić information content (AvgIpc) is 3.71. The summed E-state index contributed by atoms with van der Waals surface area (Å²) in [6.07, 6.45) is 5.20. The van der Waals surface area contributed by atoms with Gasteiger partial charge in [-0.25, -0.2) is 13.9 Å². The van der Waals surface area contributed by atoms with Crippen LogP contribution in [0.2, 0.25) is 0 Å². The molecule has 4 aromatic rings. The van der Waals surface area contributed by atoms with E-state index in [0.717, 1.165) is 30.6 Å². The van der Waals surface area contributed by atoms with Crippen molar-refractivity contribution in [1.82, 2.24) is 29.8 Å². The molecule has 1 saturated carbocycles. The minimum Gasteiger partial charge on any atom is -0.346 e. The highest BCUT2D eigenvalue weighted by Crippen LogP contribution is 2.53. The normalized spacial score (nSPS) is 27.1. The summed E-state index contributed by atoms with van der Waals surface area (Å²) in [7, 11) is 0. The second kappa shape index (κ2) is 8.61. The monoisotopic (exact) mass is 534 g/mol. The van der Waals surface area contributed by atoms with E-state index in [1.165, 1.54) is 43.0 Å². The van der Waals surface area contributed by atoms with Gasteiger partial charge in [-0.2, -0.15) is 5.10 Å². The number of carbonyl (C=O) groups is 1. The average molecular weight is 535 g/mol. The summed E-state index contributed by atoms with van der Waals surface area (Å²) in [5.41, 5.74) is 8.41. The predicted molar refractivity (Wildman–Crippen MR) is 149 cm³/mol. The molecule has 0 radical (unpaired) electrons. The number of likely N-dealkylation sites (tertiary alicyclic amines) is 1. The van der Waals surface area contributed by atoms with Gasteiger partial charge in [-0.1, -0.05) is 13.8 Å². The zero-order chi connectivity index (χ0) is 26.5. The van der Waals surface area contributed by atoms with Crippen molar-refractivity contribution >= 4 is 33.1 Å². The van der Waals surface area contributed by atoms with E-state index in [0.29, 0.717) is 30.7 Å². The molecule has 7 rings (SSSR count). The van der Waals surface area contributed by atoms with E-state index >= 15 is 0 Å². The first-order valence-electron chi connectivity index (χ1n) is 13.9. The number of fused-ring (bicyclic) bond motifs is 4. The molecule has 5 atom stereocenters. The van der Waals surface area contributed by atoms with E-state index in [1.54, 1.807) is 6.33 Å². The van der Waals surface area contributed by atoms with Crippen LogP contribution < -0.4 is 5.32 Å². The lowest BCUT2D eigenvalue weighted by Crippen LogP contribution is -2.47. The topological polar surface area (TPSA) is 78.3 Å². The number of aromatic amines is 1. The van der Waals surface area contributed by atoms with Crippen LogP contribution in [0.25, 0.3) is 27.1 Å². The van der Waals surface area contributed by atoms with Crippen molar-refractivity contribution in [2.24, 2.45) is 5.92 Å². The Hall–Kier alpha value is -2.78. The number of nitrogens with zero attached hydrogens (tertiary/aromatic N) is 4. The lowest BCUT2D eigenvalue weighted by atomic mass is 9.88. The molecule has 2 unspecified atom stereocenters. The Morgan fingerprint density at radius 3 is 2.66 bits per heavy atom. The molecule has 1 amide bonds. The number of carbonyl (C=O) groups excluding carboxylic acids is 1. The molecule has 2 bridgehead atoms. The molecule has 3 fully saturated rings. The molecule has 2 N–H and O–H groups in total. The van der Waals surface area contributed by atoms with Gasteiger partial charge >= 0.3 is 0 Å². The van der Waals surface area contributed by atoms with E-state index in [4.69, 9.17) is 0 Å². The predicted octanol–water partition coefficient (Wildman–Crippen LogP) is 5.39. The highest BCUT2D eigenvalue weighted by molar-refractivity contribution is 7.19. The smallest absolute Gasteiger partial charge is 0.240 e. The summed E-state index contributed by atoms with van der Waals surface area (Å²) < 4.78 is 15.6. The van der Waals surface area contributed by atoms with Gasteiger partial charge in [0.1, 0.15) is 17.3 Å². The maximum Gasteiger partial charge on any atom is 0.240 e. The number of H-pyrrole nitrogens is 1. The van der Waals surface area contributed by atoms with Gasteiger partial charge in [-0.15, -0.1) is 11.3 Å². The molecule has 2 aliphatic heterocycles. The first kappa shape index (κ1) is 24.3. The minimum absolute atomic E-state index is 0.104. The summed E-state index contributed by atoms with van der Waals surface area (Å²) in [6, 6.07) is -0.0711. The molecule has 38 heavy (non-hydrogen) atoms. The van der Waals surface area contributed by atoms with Crippen LogP contribution in [-0.2, 0) is 4.79 Å². The number of rotatable bonds is 4. The Balaban J connectivity index is 1.23. The second-order valence-electron chi connectivity index (χ2n) is 12.0. The Morgan fingerprint density at radius 2 is 1.97 bits per heavy atom. The minimum atomic E-state index is -0.904. The van der Waals surface area contributed by atoms with E-state index < -0.39 is 6.17 Å². The third-order valence-electron chi connectivity index (χ3n) is 9.47. The largest absolute Gasteiger partial charge is 0.346 e. The SMILES string of the molecule is Cc1c(-c2[nH]c3sc([C@@H]4CC5CC4CN5C(=O)[C@@H]4C[C@H](F)CN4)c(C)c3c2C(C)C)cn2ncnc2c1C. The van der Waals surface area contributed by atoms with Gasteiger partial charge in [0.2, 0.25) is 5.91 Å². The maximum atomic E-state index is 13.7. The van der Waals surface area contributed by atoms with Crippen LogP contribution in [-0.4, -0.2) is 61.7 Å². The third kappa shape index (κ3) is 3.43. The lowest BCUT2D eigenvalue weighted by Gasteiger charge is -2.33. The Morgan fingerprint density at radius 1 is 1.16 bits per heavy atom. The van der Waals surface area contributed by atoms with Crippen LogP contribution in [0.4, 0.5) is 4.39 Å². The number of alkyl halides is 1. The van der Waals surface area contributed by atoms with Crippen LogP contribution >= 0.6 is 11.3 Å². The van der Waals surface area contributed by atoms with Crippen molar-refractivity contribution in [1.29, 1.82) is 0 Å². The Kier molecular flexibility index (Phi) is 5.50. The van der Waals surface area contributed by atoms with Crippen LogP contribution in [0.3, 0.4) is 0 Å². The van der Waals surface area contributed by atoms with Crippen molar-refractivity contribution in [3.05, 3.63) is 39.7 Å². The summed E-state index contributed by atoms with van der Waals surface area (Å²) in [4.78, 5) is 26.1. The van der Waals surface area contributed by atoms with Gasteiger partial charge in [0.15, 0.2) is 5.65 Å². The molecular formula is C29H35FN6OS. The molecule has 7 nitrogen and oxygen atoms in total. The number of hydrogen-bond donors (Lipinski definition) is 2. The highest BCUT2D eigenvalue weighted by atomic mass is 32.1. The highest BCUT2D eigenvalue weighted by Gasteiger charge is 2.49. The molecule has 0 aromatic carbocycles. The Labute approximate surface area is 225 Å².